The Bertz CT molecular complexity index is 563. The molecular weight excluding hydrogens is 349 g/mol. The standard InChI is InChI=1S/C15H23F3O5S/c1-4-6-11-7-8-14(5-2,9-11)13(19)23-10-12(16)15(17,18)24(20,21)22-3/h4,11-12H,1,5-10H2,2-3H3. The lowest BCUT2D eigenvalue weighted by Gasteiger charge is -2.27. The molecule has 0 N–H and O–H groups in total. The van der Waals surface area contributed by atoms with Gasteiger partial charge >= 0.3 is 21.3 Å². The highest BCUT2D eigenvalue weighted by Gasteiger charge is 2.55. The van der Waals surface area contributed by atoms with E-state index in [2.05, 4.69) is 10.8 Å². The Morgan fingerprint density at radius 2 is 2.12 bits per heavy atom. The number of hydrogen-bond donors (Lipinski definition) is 0. The first-order valence-corrected chi connectivity index (χ1v) is 9.07. The molecule has 0 heterocycles. The molecule has 0 aliphatic heterocycles. The number of carbonyl (C=O) groups is 1. The first-order valence-electron chi connectivity index (χ1n) is 7.66. The lowest BCUT2D eigenvalue weighted by atomic mass is 9.82. The molecule has 1 rings (SSSR count). The molecule has 0 aromatic rings. The van der Waals surface area contributed by atoms with Gasteiger partial charge in [-0.05, 0) is 38.0 Å². The van der Waals surface area contributed by atoms with Gasteiger partial charge in [-0.15, -0.1) is 6.58 Å². The molecule has 0 saturated heterocycles. The van der Waals surface area contributed by atoms with E-state index in [1.807, 2.05) is 0 Å². The Balaban J connectivity index is 2.73. The predicted octanol–water partition coefficient (Wildman–Crippen LogP) is 3.21. The van der Waals surface area contributed by atoms with Crippen LogP contribution in [0.25, 0.3) is 0 Å². The summed E-state index contributed by atoms with van der Waals surface area (Å²) >= 11 is 0. The van der Waals surface area contributed by atoms with Crippen molar-refractivity contribution in [1.82, 2.24) is 0 Å². The molecule has 0 bridgehead atoms. The highest BCUT2D eigenvalue weighted by Crippen LogP contribution is 2.46. The quantitative estimate of drug-likeness (QED) is 0.353. The normalized spacial score (nSPS) is 26.1. The van der Waals surface area contributed by atoms with Gasteiger partial charge in [-0.1, -0.05) is 13.0 Å². The lowest BCUT2D eigenvalue weighted by molar-refractivity contribution is -0.161. The number of rotatable bonds is 9. The molecule has 1 aliphatic rings. The third kappa shape index (κ3) is 4.11. The number of halogens is 3. The summed E-state index contributed by atoms with van der Waals surface area (Å²) in [5, 5.41) is -4.79. The molecule has 140 valence electrons. The molecule has 3 unspecified atom stereocenters. The maximum absolute atomic E-state index is 13.6. The summed E-state index contributed by atoms with van der Waals surface area (Å²) in [7, 11) is -4.91. The van der Waals surface area contributed by atoms with Crippen LogP contribution in [0.3, 0.4) is 0 Å². The minimum absolute atomic E-state index is 0.242. The van der Waals surface area contributed by atoms with Crippen LogP contribution in [-0.2, 0) is 23.8 Å². The van der Waals surface area contributed by atoms with Crippen molar-refractivity contribution in [3.05, 3.63) is 12.7 Å². The summed E-state index contributed by atoms with van der Waals surface area (Å²) in [6.07, 6.45) is 1.50. The third-order valence-corrected chi connectivity index (χ3v) is 5.96. The Labute approximate surface area is 140 Å². The van der Waals surface area contributed by atoms with Crippen LogP contribution in [0.5, 0.6) is 0 Å². The first kappa shape index (κ1) is 21.0. The zero-order chi connectivity index (χ0) is 18.6. The zero-order valence-electron chi connectivity index (χ0n) is 13.8. The smallest absolute Gasteiger partial charge is 0.403 e. The number of alkyl halides is 3. The molecule has 1 saturated carbocycles. The van der Waals surface area contributed by atoms with Crippen molar-refractivity contribution in [2.45, 2.75) is 50.5 Å². The molecule has 3 atom stereocenters. The van der Waals surface area contributed by atoms with E-state index in [-0.39, 0.29) is 5.92 Å². The summed E-state index contributed by atoms with van der Waals surface area (Å²) in [4.78, 5) is 12.3. The second-order valence-electron chi connectivity index (χ2n) is 6.02. The topological polar surface area (TPSA) is 69.7 Å². The fraction of sp³-hybridized carbons (Fsp3) is 0.800. The van der Waals surface area contributed by atoms with Gasteiger partial charge in [0.25, 0.3) is 0 Å². The molecular formula is C15H23F3O5S. The minimum atomic E-state index is -5.41. The second-order valence-corrected chi connectivity index (χ2v) is 7.80. The van der Waals surface area contributed by atoms with Crippen LogP contribution in [0.4, 0.5) is 13.2 Å². The fourth-order valence-electron chi connectivity index (χ4n) is 2.99. The number of esters is 1. The van der Waals surface area contributed by atoms with Gasteiger partial charge in [0.05, 0.1) is 12.5 Å². The van der Waals surface area contributed by atoms with Crippen LogP contribution in [0.2, 0.25) is 0 Å². The molecule has 0 spiro atoms. The van der Waals surface area contributed by atoms with Gasteiger partial charge in [0.15, 0.2) is 0 Å². The highest BCUT2D eigenvalue weighted by molar-refractivity contribution is 7.87. The summed E-state index contributed by atoms with van der Waals surface area (Å²) in [6.45, 7) is 4.07. The molecule has 0 aromatic carbocycles. The van der Waals surface area contributed by atoms with Crippen molar-refractivity contribution < 1.29 is 35.3 Å². The third-order valence-electron chi connectivity index (χ3n) is 4.60. The van der Waals surface area contributed by atoms with Crippen LogP contribution in [0.15, 0.2) is 12.7 Å². The number of hydrogen-bond acceptors (Lipinski definition) is 5. The maximum atomic E-state index is 13.6. The Kier molecular flexibility index (Phi) is 6.86. The number of allylic oxidation sites excluding steroid dienone is 1. The monoisotopic (exact) mass is 372 g/mol. The Hall–Kier alpha value is -1.09. The van der Waals surface area contributed by atoms with Gasteiger partial charge in [0, 0.05) is 0 Å². The first-order chi connectivity index (χ1) is 11.1. The molecule has 5 nitrogen and oxygen atoms in total. The van der Waals surface area contributed by atoms with E-state index in [1.165, 1.54) is 0 Å². The molecule has 1 fully saturated rings. The van der Waals surface area contributed by atoms with E-state index < -0.39 is 39.5 Å². The molecule has 24 heavy (non-hydrogen) atoms. The maximum Gasteiger partial charge on any atom is 0.403 e. The number of ether oxygens (including phenoxy) is 1. The van der Waals surface area contributed by atoms with Crippen molar-refractivity contribution >= 4 is 16.1 Å². The van der Waals surface area contributed by atoms with E-state index in [1.54, 1.807) is 13.0 Å². The largest absolute Gasteiger partial charge is 0.462 e. The molecule has 9 heteroatoms. The second kappa shape index (κ2) is 7.86. The zero-order valence-corrected chi connectivity index (χ0v) is 14.6. The average molecular weight is 372 g/mol. The van der Waals surface area contributed by atoms with Crippen molar-refractivity contribution in [1.29, 1.82) is 0 Å². The van der Waals surface area contributed by atoms with Crippen LogP contribution >= 0.6 is 0 Å². The van der Waals surface area contributed by atoms with Gasteiger partial charge in [-0.25, -0.2) is 4.39 Å². The fourth-order valence-corrected chi connectivity index (χ4v) is 3.60. The summed E-state index contributed by atoms with van der Waals surface area (Å²) in [5.41, 5.74) is -0.844. The van der Waals surface area contributed by atoms with E-state index >= 15 is 0 Å². The van der Waals surface area contributed by atoms with E-state index in [0.29, 0.717) is 26.4 Å². The molecule has 1 aliphatic carbocycles. The summed E-state index contributed by atoms with van der Waals surface area (Å²) in [6, 6.07) is 0. The summed E-state index contributed by atoms with van der Waals surface area (Å²) < 4.78 is 71.0. The minimum Gasteiger partial charge on any atom is -0.462 e. The molecule has 0 aromatic heterocycles. The number of carbonyl (C=O) groups excluding carboxylic acids is 1. The molecule has 0 radical (unpaired) electrons. The van der Waals surface area contributed by atoms with Gasteiger partial charge in [0.1, 0.15) is 6.61 Å². The van der Waals surface area contributed by atoms with Gasteiger partial charge < -0.3 is 4.74 Å². The van der Waals surface area contributed by atoms with Crippen molar-refractivity contribution in [2.75, 3.05) is 13.7 Å². The van der Waals surface area contributed by atoms with E-state index in [9.17, 15) is 26.4 Å². The summed E-state index contributed by atoms with van der Waals surface area (Å²) in [5.74, 6) is -0.531. The van der Waals surface area contributed by atoms with Crippen molar-refractivity contribution in [3.63, 3.8) is 0 Å². The average Bonchev–Trinajstić information content (AvgIpc) is 2.96. The van der Waals surface area contributed by atoms with E-state index in [4.69, 9.17) is 4.74 Å². The van der Waals surface area contributed by atoms with E-state index in [0.717, 1.165) is 12.8 Å². The van der Waals surface area contributed by atoms with Gasteiger partial charge in [-0.3, -0.25) is 8.98 Å². The van der Waals surface area contributed by atoms with Gasteiger partial charge in [-0.2, -0.15) is 17.2 Å². The predicted molar refractivity (Wildman–Crippen MR) is 81.6 cm³/mol. The Morgan fingerprint density at radius 3 is 2.62 bits per heavy atom. The van der Waals surface area contributed by atoms with Crippen molar-refractivity contribution in [3.8, 4) is 0 Å². The SMILES string of the molecule is C=CCC1CCC(CC)(C(=O)OCC(F)C(F)(F)S(=O)(=O)OC)C1. The van der Waals surface area contributed by atoms with Crippen LogP contribution in [0, 0.1) is 11.3 Å². The van der Waals surface area contributed by atoms with Gasteiger partial charge in [0.2, 0.25) is 6.17 Å². The highest BCUT2D eigenvalue weighted by atomic mass is 32.2. The lowest BCUT2D eigenvalue weighted by Crippen LogP contribution is -2.43. The van der Waals surface area contributed by atoms with Crippen molar-refractivity contribution in [2.24, 2.45) is 11.3 Å². The van der Waals surface area contributed by atoms with Crippen LogP contribution < -0.4 is 0 Å². The van der Waals surface area contributed by atoms with Crippen LogP contribution in [0.1, 0.15) is 39.0 Å². The molecule has 0 amide bonds. The van der Waals surface area contributed by atoms with Crippen LogP contribution in [-0.4, -0.2) is 39.5 Å². The Morgan fingerprint density at radius 1 is 1.50 bits per heavy atom.